The van der Waals surface area contributed by atoms with Crippen LogP contribution in [-0.2, 0) is 0 Å². The van der Waals surface area contributed by atoms with Crippen LogP contribution >= 0.6 is 0 Å². The van der Waals surface area contributed by atoms with Gasteiger partial charge < -0.3 is 5.11 Å². The smallest absolute Gasteiger partial charge is 0.104 e. The van der Waals surface area contributed by atoms with Gasteiger partial charge in [0.1, 0.15) is 6.61 Å². The molecule has 1 N–H and O–H groups in total. The summed E-state index contributed by atoms with van der Waals surface area (Å²) >= 11 is 0. The standard InChI is InChI=1S/C14H11NO/c16-11-3-4-12-6-8-13(9-7-12)14-5-1-2-10-15-14/h1-2,5-10,16H,11H2. The van der Waals surface area contributed by atoms with Gasteiger partial charge in [-0.1, -0.05) is 30.0 Å². The molecule has 0 radical (unpaired) electrons. The van der Waals surface area contributed by atoms with Crippen molar-refractivity contribution in [2.24, 2.45) is 0 Å². The fraction of sp³-hybridized carbons (Fsp3) is 0.0714. The molecule has 0 amide bonds. The van der Waals surface area contributed by atoms with Gasteiger partial charge in [0.05, 0.1) is 5.69 Å². The maximum atomic E-state index is 8.58. The second kappa shape index (κ2) is 5.11. The van der Waals surface area contributed by atoms with E-state index in [9.17, 15) is 0 Å². The molecule has 0 saturated heterocycles. The van der Waals surface area contributed by atoms with Crippen molar-refractivity contribution in [1.29, 1.82) is 0 Å². The van der Waals surface area contributed by atoms with Gasteiger partial charge in [0.25, 0.3) is 0 Å². The molecule has 0 aliphatic rings. The van der Waals surface area contributed by atoms with Gasteiger partial charge in [-0.2, -0.15) is 0 Å². The van der Waals surface area contributed by atoms with E-state index in [-0.39, 0.29) is 6.61 Å². The third-order valence-electron chi connectivity index (χ3n) is 2.16. The van der Waals surface area contributed by atoms with Crippen LogP contribution in [0.25, 0.3) is 11.3 Å². The van der Waals surface area contributed by atoms with E-state index in [0.717, 1.165) is 16.8 Å². The lowest BCUT2D eigenvalue weighted by molar-refractivity contribution is 0.350. The summed E-state index contributed by atoms with van der Waals surface area (Å²) in [5, 5.41) is 8.58. The highest BCUT2D eigenvalue weighted by Gasteiger charge is 1.96. The largest absolute Gasteiger partial charge is 0.384 e. The van der Waals surface area contributed by atoms with E-state index in [1.54, 1.807) is 6.20 Å². The molecule has 0 aliphatic carbocycles. The first-order valence-electron chi connectivity index (χ1n) is 5.01. The van der Waals surface area contributed by atoms with Crippen molar-refractivity contribution in [2.75, 3.05) is 6.61 Å². The number of aliphatic hydroxyl groups is 1. The SMILES string of the molecule is OCC#Cc1ccc(-c2ccccn2)cc1. The summed E-state index contributed by atoms with van der Waals surface area (Å²) in [4.78, 5) is 4.26. The van der Waals surface area contributed by atoms with Crippen LogP contribution in [0, 0.1) is 11.8 Å². The first kappa shape index (κ1) is 10.4. The Morgan fingerprint density at radius 3 is 2.50 bits per heavy atom. The van der Waals surface area contributed by atoms with Crippen LogP contribution in [0.15, 0.2) is 48.7 Å². The zero-order valence-electron chi connectivity index (χ0n) is 8.72. The first-order valence-corrected chi connectivity index (χ1v) is 5.01. The lowest BCUT2D eigenvalue weighted by Gasteiger charge is -1.99. The van der Waals surface area contributed by atoms with Gasteiger partial charge in [-0.3, -0.25) is 4.98 Å². The van der Waals surface area contributed by atoms with Crippen molar-refractivity contribution in [1.82, 2.24) is 4.98 Å². The Morgan fingerprint density at radius 2 is 1.88 bits per heavy atom. The normalized spacial score (nSPS) is 9.31. The highest BCUT2D eigenvalue weighted by Crippen LogP contribution is 2.16. The van der Waals surface area contributed by atoms with Crippen molar-refractivity contribution < 1.29 is 5.11 Å². The second-order valence-corrected chi connectivity index (χ2v) is 3.25. The Morgan fingerprint density at radius 1 is 1.06 bits per heavy atom. The fourth-order valence-electron chi connectivity index (χ4n) is 1.40. The predicted octanol–water partition coefficient (Wildman–Crippen LogP) is 2.09. The Kier molecular flexibility index (Phi) is 3.32. The zero-order chi connectivity index (χ0) is 11.2. The molecular weight excluding hydrogens is 198 g/mol. The highest BCUT2D eigenvalue weighted by atomic mass is 16.2. The average Bonchev–Trinajstić information content (AvgIpc) is 2.38. The van der Waals surface area contributed by atoms with E-state index in [2.05, 4.69) is 16.8 Å². The van der Waals surface area contributed by atoms with E-state index >= 15 is 0 Å². The summed E-state index contributed by atoms with van der Waals surface area (Å²) in [5.74, 6) is 5.47. The van der Waals surface area contributed by atoms with Gasteiger partial charge in [-0.15, -0.1) is 0 Å². The Bertz CT molecular complexity index is 506. The minimum absolute atomic E-state index is 0.109. The Hall–Kier alpha value is -2.11. The van der Waals surface area contributed by atoms with E-state index in [1.165, 1.54) is 0 Å². The van der Waals surface area contributed by atoms with Gasteiger partial charge in [-0.25, -0.2) is 0 Å². The summed E-state index contributed by atoms with van der Waals surface area (Å²) in [6.07, 6.45) is 1.77. The van der Waals surface area contributed by atoms with Gasteiger partial charge in [0.15, 0.2) is 0 Å². The molecule has 0 unspecified atom stereocenters. The molecule has 1 aromatic heterocycles. The molecule has 1 heterocycles. The molecule has 0 spiro atoms. The van der Waals surface area contributed by atoms with Crippen LogP contribution in [0.5, 0.6) is 0 Å². The zero-order valence-corrected chi connectivity index (χ0v) is 8.72. The van der Waals surface area contributed by atoms with Crippen LogP contribution in [0.3, 0.4) is 0 Å². The fourth-order valence-corrected chi connectivity index (χ4v) is 1.40. The molecular formula is C14H11NO. The molecule has 0 fully saturated rings. The second-order valence-electron chi connectivity index (χ2n) is 3.25. The van der Waals surface area contributed by atoms with Crippen LogP contribution in [0.1, 0.15) is 5.56 Å². The first-order chi connectivity index (χ1) is 7.90. The van der Waals surface area contributed by atoms with Crippen molar-refractivity contribution in [3.05, 3.63) is 54.2 Å². The maximum Gasteiger partial charge on any atom is 0.104 e. The van der Waals surface area contributed by atoms with Crippen molar-refractivity contribution >= 4 is 0 Å². The average molecular weight is 209 g/mol. The summed E-state index contributed by atoms with van der Waals surface area (Å²) < 4.78 is 0. The maximum absolute atomic E-state index is 8.58. The topological polar surface area (TPSA) is 33.1 Å². The molecule has 16 heavy (non-hydrogen) atoms. The van der Waals surface area contributed by atoms with Gasteiger partial charge >= 0.3 is 0 Å². The third-order valence-corrected chi connectivity index (χ3v) is 2.16. The molecule has 0 atom stereocenters. The van der Waals surface area contributed by atoms with Crippen molar-refractivity contribution in [3.63, 3.8) is 0 Å². The van der Waals surface area contributed by atoms with E-state index in [4.69, 9.17) is 5.11 Å². The van der Waals surface area contributed by atoms with Gasteiger partial charge in [-0.05, 0) is 24.3 Å². The number of nitrogens with zero attached hydrogens (tertiary/aromatic N) is 1. The predicted molar refractivity (Wildman–Crippen MR) is 63.6 cm³/mol. The quantitative estimate of drug-likeness (QED) is 0.729. The monoisotopic (exact) mass is 209 g/mol. The molecule has 0 aliphatic heterocycles. The van der Waals surface area contributed by atoms with E-state index < -0.39 is 0 Å². The molecule has 0 bridgehead atoms. The summed E-state index contributed by atoms with van der Waals surface area (Å²) in [6.45, 7) is -0.109. The van der Waals surface area contributed by atoms with Crippen molar-refractivity contribution in [2.45, 2.75) is 0 Å². The number of hydrogen-bond donors (Lipinski definition) is 1. The lowest BCUT2D eigenvalue weighted by atomic mass is 10.1. The molecule has 2 rings (SSSR count). The number of rotatable bonds is 1. The van der Waals surface area contributed by atoms with Crippen LogP contribution < -0.4 is 0 Å². The Balaban J connectivity index is 2.26. The molecule has 2 nitrogen and oxygen atoms in total. The lowest BCUT2D eigenvalue weighted by Crippen LogP contribution is -1.82. The summed E-state index contributed by atoms with van der Waals surface area (Å²) in [6, 6.07) is 13.6. The number of aliphatic hydroxyl groups excluding tert-OH is 1. The minimum atomic E-state index is -0.109. The number of benzene rings is 1. The molecule has 0 saturated carbocycles. The molecule has 2 aromatic rings. The number of aromatic nitrogens is 1. The minimum Gasteiger partial charge on any atom is -0.384 e. The summed E-state index contributed by atoms with van der Waals surface area (Å²) in [7, 11) is 0. The van der Waals surface area contributed by atoms with Crippen LogP contribution in [-0.4, -0.2) is 16.7 Å². The number of pyridine rings is 1. The highest BCUT2D eigenvalue weighted by molar-refractivity contribution is 5.60. The third kappa shape index (κ3) is 2.47. The van der Waals surface area contributed by atoms with Gasteiger partial charge in [0.2, 0.25) is 0 Å². The van der Waals surface area contributed by atoms with E-state index in [1.807, 2.05) is 42.5 Å². The van der Waals surface area contributed by atoms with Crippen molar-refractivity contribution in [3.8, 4) is 23.1 Å². The van der Waals surface area contributed by atoms with Crippen LogP contribution in [0.2, 0.25) is 0 Å². The van der Waals surface area contributed by atoms with Gasteiger partial charge in [0, 0.05) is 17.3 Å². The van der Waals surface area contributed by atoms with E-state index in [0.29, 0.717) is 0 Å². The molecule has 2 heteroatoms. The Labute approximate surface area is 94.6 Å². The van der Waals surface area contributed by atoms with Crippen LogP contribution in [0.4, 0.5) is 0 Å². The molecule has 78 valence electrons. The summed E-state index contributed by atoms with van der Waals surface area (Å²) in [5.41, 5.74) is 2.91. The molecule has 1 aromatic carbocycles. The number of hydrogen-bond acceptors (Lipinski definition) is 2.